The molecule has 1 radical (unpaired) electrons. The second kappa shape index (κ2) is 14.2. The summed E-state index contributed by atoms with van der Waals surface area (Å²) in [6.07, 6.45) is -1.59. The molecule has 4 unspecified atom stereocenters. The molecule has 0 amide bonds. The van der Waals surface area contributed by atoms with E-state index in [4.69, 9.17) is 55.5 Å². The summed E-state index contributed by atoms with van der Waals surface area (Å²) in [4.78, 5) is 50.4. The SMILES string of the molecule is [Co].c1ccc2cc3c(cc2c1)C1/N=c2\[n-]/c(c4cc5ccccc5cc24)=N\C24/N=c5\[n-]/c(c6cc7ccccc7cc56)=N\C3(/N=c3\[n-]/c(c5cc6ccccc6cc35)=N\C([N-]2)c2cc3ccccc3cc24)[N-]1. The summed E-state index contributed by atoms with van der Waals surface area (Å²) in [5.41, 5.74) is 6.02. The van der Waals surface area contributed by atoms with Crippen LogP contribution in [0, 0.1) is 0 Å². The smallest absolute Gasteiger partial charge is 0.0132 e. The fourth-order valence-electron chi connectivity index (χ4n) is 11.6. The number of benzene rings is 10. The fourth-order valence-corrected chi connectivity index (χ4v) is 11.6. The van der Waals surface area contributed by atoms with Crippen molar-refractivity contribution >= 4 is 86.2 Å². The van der Waals surface area contributed by atoms with Gasteiger partial charge in [-0.15, -0.1) is 0 Å². The minimum Gasteiger partial charge on any atom is -0.630 e. The van der Waals surface area contributed by atoms with Crippen molar-refractivity contribution in [2.75, 3.05) is 0 Å². The van der Waals surface area contributed by atoms with Crippen LogP contribution in [0.5, 0.6) is 0 Å². The van der Waals surface area contributed by atoms with E-state index in [0.717, 1.165) is 108 Å². The Kier molecular flexibility index (Phi) is 7.94. The molecule has 0 aliphatic carbocycles. The molecule has 13 aromatic rings. The molecular weight excluding hydrogens is 934 g/mol. The maximum Gasteiger partial charge on any atom is 0.0132 e. The number of rotatable bonds is 0. The van der Waals surface area contributed by atoms with Crippen LogP contribution in [-0.4, -0.2) is 0 Å². The molecule has 3 aromatic heterocycles. The Hall–Kier alpha value is -8.65. The maximum atomic E-state index is 5.74. The van der Waals surface area contributed by atoms with Gasteiger partial charge >= 0.3 is 0 Å². The summed E-state index contributed by atoms with van der Waals surface area (Å²) in [5.74, 6) is -3.28. The van der Waals surface area contributed by atoms with Crippen molar-refractivity contribution < 1.29 is 16.8 Å². The molecule has 17 rings (SSSR count). The van der Waals surface area contributed by atoms with Crippen molar-refractivity contribution in [1.29, 1.82) is 0 Å². The number of hydrogen-bond donors (Lipinski definition) is 0. The van der Waals surface area contributed by atoms with Gasteiger partial charge < -0.3 is 55.5 Å². The first-order chi connectivity index (χ1) is 35.0. The molecule has 4 aliphatic heterocycles. The molecule has 11 nitrogen and oxygen atoms in total. The van der Waals surface area contributed by atoms with Crippen LogP contribution in [0.25, 0.3) is 96.8 Å². The van der Waals surface area contributed by atoms with E-state index in [9.17, 15) is 0 Å². The van der Waals surface area contributed by atoms with E-state index in [2.05, 4.69) is 158 Å². The van der Waals surface area contributed by atoms with Crippen molar-refractivity contribution in [2.45, 2.75) is 23.9 Å². The Morgan fingerprint density at radius 2 is 0.528 bits per heavy atom. The molecule has 341 valence electrons. The summed E-state index contributed by atoms with van der Waals surface area (Å²) < 4.78 is 0. The number of hydrogen-bond acceptors (Lipinski definition) is 6. The molecule has 0 saturated heterocycles. The van der Waals surface area contributed by atoms with Gasteiger partial charge in [0.1, 0.15) is 0 Å². The summed E-state index contributed by atoms with van der Waals surface area (Å²) >= 11 is 0. The van der Waals surface area contributed by atoms with Crippen molar-refractivity contribution in [2.24, 2.45) is 30.0 Å². The first-order valence-electron chi connectivity index (χ1n) is 23.8. The molecule has 72 heavy (non-hydrogen) atoms. The van der Waals surface area contributed by atoms with Gasteiger partial charge in [-0.2, -0.15) is 0 Å². The van der Waals surface area contributed by atoms with E-state index in [-0.39, 0.29) is 16.8 Å². The van der Waals surface area contributed by atoms with Crippen LogP contribution in [0.1, 0.15) is 34.6 Å². The second-order valence-corrected chi connectivity index (χ2v) is 19.1. The molecule has 7 heterocycles. The third-order valence-corrected chi connectivity index (χ3v) is 15.0. The summed E-state index contributed by atoms with van der Waals surface area (Å²) in [6.45, 7) is 0. The van der Waals surface area contributed by atoms with E-state index < -0.39 is 23.9 Å². The molecule has 12 heteroatoms. The summed E-state index contributed by atoms with van der Waals surface area (Å²) in [6, 6.07) is 63.2. The Bertz CT molecular complexity index is 4700. The van der Waals surface area contributed by atoms with Gasteiger partial charge in [-0.3, -0.25) is 0 Å². The van der Waals surface area contributed by atoms with Gasteiger partial charge in [-0.05, 0) is 145 Å². The normalized spacial score (nSPS) is 23.3. The van der Waals surface area contributed by atoms with Crippen LogP contribution >= 0.6 is 0 Å². The minimum atomic E-state index is -1.64. The van der Waals surface area contributed by atoms with Crippen LogP contribution in [0.15, 0.2) is 212 Å². The van der Waals surface area contributed by atoms with Crippen molar-refractivity contribution in [3.63, 3.8) is 0 Å². The number of aromatic nitrogens is 3. The zero-order valence-corrected chi connectivity index (χ0v) is 38.8. The maximum absolute atomic E-state index is 5.74. The molecule has 10 bridgehead atoms. The Labute approximate surface area is 417 Å². The van der Waals surface area contributed by atoms with E-state index in [1.54, 1.807) is 0 Å². The van der Waals surface area contributed by atoms with Crippen molar-refractivity contribution in [3.8, 4) is 0 Å². The van der Waals surface area contributed by atoms with E-state index >= 15 is 0 Å². The fraction of sp³-hybridized carbons (Fsp3) is 0.0667. The zero-order chi connectivity index (χ0) is 46.2. The first-order valence-corrected chi connectivity index (χ1v) is 23.8. The predicted molar refractivity (Wildman–Crippen MR) is 275 cm³/mol. The molecule has 2 spiro atoms. The van der Waals surface area contributed by atoms with Gasteiger partial charge in [0.15, 0.2) is 0 Å². The number of fused-ring (bicyclic) bond motifs is 22. The summed E-state index contributed by atoms with van der Waals surface area (Å²) in [5, 5.41) is 26.7. The van der Waals surface area contributed by atoms with Crippen molar-refractivity contribution in [1.82, 2.24) is 15.0 Å². The van der Waals surface area contributed by atoms with Gasteiger partial charge in [0, 0.05) is 49.7 Å². The Morgan fingerprint density at radius 3 is 0.819 bits per heavy atom. The molecule has 0 fully saturated rings. The van der Waals surface area contributed by atoms with E-state index in [1.165, 1.54) is 0 Å². The topological polar surface area (TPSA) is 145 Å². The zero-order valence-electron chi connectivity index (χ0n) is 37.7. The van der Waals surface area contributed by atoms with Crippen LogP contribution in [-0.2, 0) is 28.4 Å². The van der Waals surface area contributed by atoms with Crippen LogP contribution < -0.4 is 47.9 Å². The molecule has 0 saturated carbocycles. The monoisotopic (exact) mass is 965 g/mol. The molecule has 4 aliphatic rings. The third-order valence-electron chi connectivity index (χ3n) is 15.0. The van der Waals surface area contributed by atoms with Crippen LogP contribution in [0.3, 0.4) is 0 Å². The molecule has 4 atom stereocenters. The summed E-state index contributed by atoms with van der Waals surface area (Å²) in [7, 11) is 0. The van der Waals surface area contributed by atoms with Gasteiger partial charge in [-0.25, -0.2) is 0 Å². The second-order valence-electron chi connectivity index (χ2n) is 19.1. The minimum absolute atomic E-state index is 0. The average molecular weight is 966 g/mol. The van der Waals surface area contributed by atoms with E-state index in [0.29, 0.717) is 32.9 Å². The Morgan fingerprint density at radius 1 is 0.292 bits per heavy atom. The third kappa shape index (κ3) is 5.57. The van der Waals surface area contributed by atoms with Gasteiger partial charge in [0.25, 0.3) is 0 Å². The Balaban J connectivity index is 0.00000445. The van der Waals surface area contributed by atoms with Crippen molar-refractivity contribution in [3.05, 3.63) is 248 Å². The van der Waals surface area contributed by atoms with Gasteiger partial charge in [0.2, 0.25) is 0 Å². The quantitative estimate of drug-likeness (QED) is 0.149. The largest absolute Gasteiger partial charge is 0.630 e. The first kappa shape index (κ1) is 40.1. The van der Waals surface area contributed by atoms with Crippen LogP contribution in [0.2, 0.25) is 0 Å². The average Bonchev–Trinajstić information content (AvgIpc) is 4.16. The molecule has 0 N–H and O–H groups in total. The predicted octanol–water partition coefficient (Wildman–Crippen LogP) is 9.32. The molecule has 10 aromatic carbocycles. The van der Waals surface area contributed by atoms with E-state index in [1.807, 2.05) is 24.3 Å². The van der Waals surface area contributed by atoms with Crippen LogP contribution in [0.4, 0.5) is 0 Å². The molecular formula is C60H32CoN11-5. The number of nitrogens with zero attached hydrogens (tertiary/aromatic N) is 11. The standard InChI is InChI=1S/C60H32N11.Co/c1-3-13-33-23-43-41(21-31(33)11-1)51-61-53(43)66-59-50-30-40-20-10-8-18-38(40)28-48(50)58(71-59)64-52-42-22-32-12-2-4-14-34(32)24-44(42)54(62-52)67-60(49-29-39-19-9-7-17-37(39)27-47(49)57(63-51)70-60)69-56-46-26-36-16-6-5-15-35(36)25-45(46)55(65-56)68-59;/h1-30,57-58H;/q-5;. The van der Waals surface area contributed by atoms with Gasteiger partial charge in [-0.1, -0.05) is 169 Å². The van der Waals surface area contributed by atoms with Gasteiger partial charge in [0.05, 0.1) is 0 Å².